The number of ether oxygens (including phenoxy) is 1. The third-order valence-electron chi connectivity index (χ3n) is 1.96. The topological polar surface area (TPSA) is 54.0 Å². The summed E-state index contributed by atoms with van der Waals surface area (Å²) in [4.78, 5) is 13.4. The van der Waals surface area contributed by atoms with Crippen molar-refractivity contribution in [1.82, 2.24) is 15.0 Å². The summed E-state index contributed by atoms with van der Waals surface area (Å²) >= 11 is 0. The summed E-state index contributed by atoms with van der Waals surface area (Å²) in [6.07, 6.45) is 0. The molecule has 0 saturated heterocycles. The largest absolute Gasteiger partial charge is 0.468 e. The molecule has 74 valence electrons. The second-order valence-corrected chi connectivity index (χ2v) is 3.18. The smallest absolute Gasteiger partial charge is 0.295 e. The van der Waals surface area contributed by atoms with Crippen molar-refractivity contribution in [2.24, 2.45) is 0 Å². The summed E-state index contributed by atoms with van der Waals surface area (Å²) in [5.74, 6) is 0.881. The van der Waals surface area contributed by atoms with Gasteiger partial charge in [-0.15, -0.1) is 0 Å². The Balaban J connectivity index is 2.54. The Labute approximate surface area is 81.7 Å². The van der Waals surface area contributed by atoms with Gasteiger partial charge in [0.2, 0.25) is 0 Å². The van der Waals surface area contributed by atoms with E-state index in [9.17, 15) is 0 Å². The molecule has 0 aromatic carbocycles. The van der Waals surface area contributed by atoms with Crippen molar-refractivity contribution in [1.29, 1.82) is 0 Å². The van der Waals surface area contributed by atoms with Crippen LogP contribution in [0.3, 0.4) is 0 Å². The highest BCUT2D eigenvalue weighted by atomic mass is 16.5. The van der Waals surface area contributed by atoms with E-state index in [1.165, 1.54) is 0 Å². The van der Waals surface area contributed by atoms with Crippen molar-refractivity contribution in [3.05, 3.63) is 12.1 Å². The zero-order valence-corrected chi connectivity index (χ0v) is 8.40. The van der Waals surface area contributed by atoms with Crippen LogP contribution >= 0.6 is 0 Å². The van der Waals surface area contributed by atoms with E-state index in [0.29, 0.717) is 11.7 Å². The number of fused-ring (bicyclic) bond motifs is 1. The molecule has 0 aliphatic rings. The molecule has 0 aliphatic carbocycles. The highest BCUT2D eigenvalue weighted by Gasteiger charge is 2.05. The van der Waals surface area contributed by atoms with Crippen LogP contribution in [0, 0.1) is 0 Å². The normalized spacial score (nSPS) is 10.5. The van der Waals surface area contributed by atoms with Crippen molar-refractivity contribution in [3.63, 3.8) is 0 Å². The number of H-pyrrole nitrogens is 1. The van der Waals surface area contributed by atoms with Gasteiger partial charge >= 0.3 is 0 Å². The Kier molecular flexibility index (Phi) is 1.99. The summed E-state index contributed by atoms with van der Waals surface area (Å²) in [5.41, 5.74) is 1.56. The van der Waals surface area contributed by atoms with Gasteiger partial charge in [-0.05, 0) is 12.1 Å². The number of nitrogens with one attached hydrogen (secondary N) is 1. The number of hydrogen-bond donors (Lipinski definition) is 1. The molecule has 14 heavy (non-hydrogen) atoms. The van der Waals surface area contributed by atoms with Crippen molar-refractivity contribution >= 4 is 17.0 Å². The predicted octanol–water partition coefficient (Wildman–Crippen LogP) is 1.03. The van der Waals surface area contributed by atoms with Crippen molar-refractivity contribution in [3.8, 4) is 6.01 Å². The first-order valence-corrected chi connectivity index (χ1v) is 4.29. The van der Waals surface area contributed by atoms with E-state index in [2.05, 4.69) is 15.0 Å². The Bertz CT molecular complexity index is 449. The van der Waals surface area contributed by atoms with Gasteiger partial charge in [-0.3, -0.25) is 0 Å². The quantitative estimate of drug-likeness (QED) is 0.772. The lowest BCUT2D eigenvalue weighted by atomic mass is 10.4. The van der Waals surface area contributed by atoms with E-state index in [-0.39, 0.29) is 0 Å². The molecule has 5 nitrogen and oxygen atoms in total. The molecule has 2 aromatic heterocycles. The van der Waals surface area contributed by atoms with Gasteiger partial charge < -0.3 is 14.6 Å². The van der Waals surface area contributed by atoms with Gasteiger partial charge in [-0.2, -0.15) is 4.98 Å². The van der Waals surface area contributed by atoms with E-state index < -0.39 is 0 Å². The zero-order valence-electron chi connectivity index (χ0n) is 8.40. The summed E-state index contributed by atoms with van der Waals surface area (Å²) in [7, 11) is 5.46. The fourth-order valence-electron chi connectivity index (χ4n) is 1.21. The number of methoxy groups -OCH3 is 1. The second-order valence-electron chi connectivity index (χ2n) is 3.18. The molecule has 0 radical (unpaired) electrons. The average molecular weight is 192 g/mol. The number of imidazole rings is 1. The maximum Gasteiger partial charge on any atom is 0.295 e. The number of nitrogens with zero attached hydrogens (tertiary/aromatic N) is 3. The van der Waals surface area contributed by atoms with Gasteiger partial charge in [-0.25, -0.2) is 4.98 Å². The monoisotopic (exact) mass is 192 g/mol. The van der Waals surface area contributed by atoms with E-state index in [1.54, 1.807) is 7.11 Å². The molecular weight excluding hydrogens is 180 g/mol. The molecule has 0 spiro atoms. The highest BCUT2D eigenvalue weighted by molar-refractivity contribution is 5.73. The number of hydrogen-bond acceptors (Lipinski definition) is 4. The Morgan fingerprint density at radius 3 is 2.71 bits per heavy atom. The molecule has 0 aliphatic heterocycles. The first kappa shape index (κ1) is 8.80. The van der Waals surface area contributed by atoms with E-state index in [0.717, 1.165) is 11.3 Å². The van der Waals surface area contributed by atoms with Crippen LogP contribution in [0.2, 0.25) is 0 Å². The first-order valence-electron chi connectivity index (χ1n) is 4.29. The van der Waals surface area contributed by atoms with Gasteiger partial charge in [-0.1, -0.05) is 0 Å². The number of aromatic nitrogens is 3. The van der Waals surface area contributed by atoms with Crippen LogP contribution in [0.5, 0.6) is 6.01 Å². The molecule has 2 aromatic rings. The van der Waals surface area contributed by atoms with Crippen LogP contribution in [0.25, 0.3) is 11.2 Å². The Hall–Kier alpha value is -1.78. The minimum Gasteiger partial charge on any atom is -0.468 e. The molecule has 0 saturated carbocycles. The molecular formula is C9H12N4O. The molecule has 1 N–H and O–H groups in total. The number of aromatic amines is 1. The Morgan fingerprint density at radius 1 is 1.29 bits per heavy atom. The van der Waals surface area contributed by atoms with Crippen LogP contribution in [0.15, 0.2) is 12.1 Å². The predicted molar refractivity (Wildman–Crippen MR) is 54.8 cm³/mol. The number of rotatable bonds is 2. The van der Waals surface area contributed by atoms with Gasteiger partial charge in [0.1, 0.15) is 5.82 Å². The highest BCUT2D eigenvalue weighted by Crippen LogP contribution is 2.17. The summed E-state index contributed by atoms with van der Waals surface area (Å²) in [6.45, 7) is 0. The van der Waals surface area contributed by atoms with Crippen molar-refractivity contribution in [2.45, 2.75) is 0 Å². The average Bonchev–Trinajstić information content (AvgIpc) is 2.58. The molecule has 0 unspecified atom stereocenters. The Morgan fingerprint density at radius 2 is 2.07 bits per heavy atom. The van der Waals surface area contributed by atoms with Crippen LogP contribution < -0.4 is 9.64 Å². The fraction of sp³-hybridized carbons (Fsp3) is 0.333. The zero-order chi connectivity index (χ0) is 10.1. The number of anilines is 1. The van der Waals surface area contributed by atoms with Crippen molar-refractivity contribution in [2.75, 3.05) is 26.1 Å². The van der Waals surface area contributed by atoms with Gasteiger partial charge in [0.25, 0.3) is 6.01 Å². The van der Waals surface area contributed by atoms with E-state index in [1.807, 2.05) is 31.1 Å². The van der Waals surface area contributed by atoms with Crippen molar-refractivity contribution < 1.29 is 4.74 Å². The lowest BCUT2D eigenvalue weighted by Crippen LogP contribution is -2.10. The van der Waals surface area contributed by atoms with Crippen LogP contribution in [0.4, 0.5) is 5.82 Å². The fourth-order valence-corrected chi connectivity index (χ4v) is 1.21. The minimum atomic E-state index is 0.489. The van der Waals surface area contributed by atoms with Crippen LogP contribution in [-0.2, 0) is 0 Å². The summed E-state index contributed by atoms with van der Waals surface area (Å²) < 4.78 is 4.98. The summed E-state index contributed by atoms with van der Waals surface area (Å²) in [6, 6.07) is 4.36. The molecule has 2 heterocycles. The lowest BCUT2D eigenvalue weighted by molar-refractivity contribution is 0.386. The van der Waals surface area contributed by atoms with Gasteiger partial charge in [0.05, 0.1) is 12.6 Å². The van der Waals surface area contributed by atoms with Gasteiger partial charge in [0.15, 0.2) is 5.65 Å². The second kappa shape index (κ2) is 3.17. The lowest BCUT2D eigenvalue weighted by Gasteiger charge is -2.09. The molecule has 0 amide bonds. The third-order valence-corrected chi connectivity index (χ3v) is 1.96. The van der Waals surface area contributed by atoms with E-state index in [4.69, 9.17) is 4.74 Å². The van der Waals surface area contributed by atoms with Gasteiger partial charge in [0, 0.05) is 14.1 Å². The maximum atomic E-state index is 4.98. The van der Waals surface area contributed by atoms with Crippen LogP contribution in [0.1, 0.15) is 0 Å². The third kappa shape index (κ3) is 1.37. The molecule has 2 rings (SSSR count). The molecule has 5 heteroatoms. The molecule has 0 bridgehead atoms. The standard InChI is InChI=1S/C9H12N4O/c1-13(2)7-5-4-6-8(11-7)12-9(10-6)14-3/h4-5H,1-3H3,(H,10,11,12). The number of pyridine rings is 1. The maximum absolute atomic E-state index is 4.98. The SMILES string of the molecule is COc1nc2nc(N(C)C)ccc2[nH]1. The molecule has 0 fully saturated rings. The first-order chi connectivity index (χ1) is 6.70. The molecule has 0 atom stereocenters. The van der Waals surface area contributed by atoms with E-state index >= 15 is 0 Å². The van der Waals surface area contributed by atoms with Crippen LogP contribution in [-0.4, -0.2) is 36.2 Å². The summed E-state index contributed by atoms with van der Waals surface area (Å²) in [5, 5.41) is 0. The minimum absolute atomic E-state index is 0.489.